The van der Waals surface area contributed by atoms with Crippen molar-refractivity contribution in [1.29, 1.82) is 0 Å². The van der Waals surface area contributed by atoms with E-state index in [4.69, 9.17) is 4.42 Å². The van der Waals surface area contributed by atoms with Crippen LogP contribution >= 0.6 is 11.3 Å². The van der Waals surface area contributed by atoms with Gasteiger partial charge in [0.05, 0.1) is 17.6 Å². The van der Waals surface area contributed by atoms with E-state index in [1.165, 1.54) is 10.4 Å². The van der Waals surface area contributed by atoms with Crippen molar-refractivity contribution >= 4 is 34.0 Å². The summed E-state index contributed by atoms with van der Waals surface area (Å²) >= 11 is 1.80. The molecule has 24 heavy (non-hydrogen) atoms. The molecule has 3 aromatic rings. The molecule has 3 aromatic heterocycles. The molecular weight excluding hydrogens is 322 g/mol. The van der Waals surface area contributed by atoms with Gasteiger partial charge in [0.25, 0.3) is 0 Å². The molecule has 1 saturated heterocycles. The minimum Gasteiger partial charge on any atom is -0.464 e. The third-order valence-electron chi connectivity index (χ3n) is 5.01. The predicted octanol–water partition coefficient (Wildman–Crippen LogP) is 2.91. The van der Waals surface area contributed by atoms with Gasteiger partial charge in [-0.25, -0.2) is 4.98 Å². The Labute approximate surface area is 143 Å². The highest BCUT2D eigenvalue weighted by molar-refractivity contribution is 7.10. The van der Waals surface area contributed by atoms with Crippen LogP contribution in [0.25, 0.3) is 11.0 Å². The fraction of sp³-hybridized carbons (Fsp3) is 0.333. The summed E-state index contributed by atoms with van der Waals surface area (Å²) in [6.45, 7) is 3.09. The van der Waals surface area contributed by atoms with Gasteiger partial charge in [0, 0.05) is 37.3 Å². The molecule has 0 saturated carbocycles. The van der Waals surface area contributed by atoms with Crippen molar-refractivity contribution in [1.82, 2.24) is 9.88 Å². The first-order chi connectivity index (χ1) is 11.8. The van der Waals surface area contributed by atoms with Gasteiger partial charge in [0.1, 0.15) is 11.4 Å². The smallest absolute Gasteiger partial charge is 0.229 e. The largest absolute Gasteiger partial charge is 0.464 e. The van der Waals surface area contributed by atoms with E-state index in [0.29, 0.717) is 0 Å². The number of carbonyl (C=O) groups is 1. The number of amides is 1. The molecule has 2 aliphatic rings. The van der Waals surface area contributed by atoms with Gasteiger partial charge in [-0.05, 0) is 35.6 Å². The Balaban J connectivity index is 1.28. The minimum absolute atomic E-state index is 0.0779. The van der Waals surface area contributed by atoms with Crippen LogP contribution in [-0.2, 0) is 17.8 Å². The van der Waals surface area contributed by atoms with Gasteiger partial charge >= 0.3 is 0 Å². The van der Waals surface area contributed by atoms with Crippen LogP contribution in [0.1, 0.15) is 10.4 Å². The lowest BCUT2D eigenvalue weighted by Crippen LogP contribution is -2.55. The molecule has 5 nitrogen and oxygen atoms in total. The SMILES string of the molecule is O=C(C1CN(c2nccc3occc23)C1)N1CCc2sccc2C1. The number of aromatic nitrogens is 1. The van der Waals surface area contributed by atoms with Crippen LogP contribution in [0.2, 0.25) is 0 Å². The van der Waals surface area contributed by atoms with Crippen LogP contribution in [0.5, 0.6) is 0 Å². The number of anilines is 1. The van der Waals surface area contributed by atoms with Gasteiger partial charge in [-0.15, -0.1) is 11.3 Å². The molecular formula is C18H17N3O2S. The second kappa shape index (κ2) is 5.34. The van der Waals surface area contributed by atoms with E-state index in [1.54, 1.807) is 23.8 Å². The van der Waals surface area contributed by atoms with Crippen molar-refractivity contribution in [2.75, 3.05) is 24.5 Å². The topological polar surface area (TPSA) is 49.6 Å². The first kappa shape index (κ1) is 14.0. The molecule has 0 spiro atoms. The van der Waals surface area contributed by atoms with Crippen LogP contribution in [0.4, 0.5) is 5.82 Å². The Hall–Kier alpha value is -2.34. The van der Waals surface area contributed by atoms with E-state index in [0.717, 1.165) is 49.4 Å². The number of fused-ring (bicyclic) bond motifs is 2. The maximum Gasteiger partial charge on any atom is 0.229 e. The lowest BCUT2D eigenvalue weighted by Gasteiger charge is -2.42. The van der Waals surface area contributed by atoms with Gasteiger partial charge in [-0.1, -0.05) is 0 Å². The predicted molar refractivity (Wildman–Crippen MR) is 93.2 cm³/mol. The molecule has 5 rings (SSSR count). The highest BCUT2D eigenvalue weighted by Gasteiger charge is 2.37. The lowest BCUT2D eigenvalue weighted by molar-refractivity contribution is -0.137. The number of pyridine rings is 1. The van der Waals surface area contributed by atoms with Crippen LogP contribution in [0, 0.1) is 5.92 Å². The van der Waals surface area contributed by atoms with E-state index in [9.17, 15) is 4.79 Å². The van der Waals surface area contributed by atoms with Crippen LogP contribution < -0.4 is 4.90 Å². The summed E-state index contributed by atoms with van der Waals surface area (Å²) in [5.41, 5.74) is 2.16. The Morgan fingerprint density at radius 2 is 2.21 bits per heavy atom. The Kier molecular flexibility index (Phi) is 3.13. The maximum absolute atomic E-state index is 12.8. The standard InChI is InChI=1S/C18H17N3O2S/c22-18(20-6-2-16-12(9-20)4-8-24-16)13-10-21(11-13)17-14-3-7-23-15(14)1-5-19-17/h1,3-5,7-8,13H,2,6,9-11H2. The van der Waals surface area contributed by atoms with Crippen molar-refractivity contribution in [3.8, 4) is 0 Å². The van der Waals surface area contributed by atoms with Gasteiger partial charge < -0.3 is 14.2 Å². The molecule has 1 fully saturated rings. The second-order valence-corrected chi connectivity index (χ2v) is 7.45. The molecule has 0 bridgehead atoms. The summed E-state index contributed by atoms with van der Waals surface area (Å²) in [6, 6.07) is 5.96. The first-order valence-corrected chi connectivity index (χ1v) is 9.09. The normalized spacial score (nSPS) is 17.8. The highest BCUT2D eigenvalue weighted by atomic mass is 32.1. The summed E-state index contributed by atoms with van der Waals surface area (Å²) in [5, 5.41) is 3.14. The highest BCUT2D eigenvalue weighted by Crippen LogP contribution is 2.32. The van der Waals surface area contributed by atoms with Gasteiger partial charge in [0.2, 0.25) is 5.91 Å². The molecule has 6 heteroatoms. The summed E-state index contributed by atoms with van der Waals surface area (Å²) in [4.78, 5) is 22.9. The molecule has 0 radical (unpaired) electrons. The molecule has 122 valence electrons. The molecule has 0 N–H and O–H groups in total. The quantitative estimate of drug-likeness (QED) is 0.720. The van der Waals surface area contributed by atoms with Crippen LogP contribution in [-0.4, -0.2) is 35.4 Å². The molecule has 0 atom stereocenters. The van der Waals surface area contributed by atoms with Crippen molar-refractivity contribution in [2.24, 2.45) is 5.92 Å². The number of furan rings is 1. The summed E-state index contributed by atoms with van der Waals surface area (Å²) < 4.78 is 5.43. The van der Waals surface area contributed by atoms with Crippen molar-refractivity contribution in [3.05, 3.63) is 46.5 Å². The summed E-state index contributed by atoms with van der Waals surface area (Å²) in [6.07, 6.45) is 4.44. The molecule has 5 heterocycles. The molecule has 0 aliphatic carbocycles. The fourth-order valence-corrected chi connectivity index (χ4v) is 4.52. The Morgan fingerprint density at radius 1 is 1.29 bits per heavy atom. The molecule has 0 unspecified atom stereocenters. The van der Waals surface area contributed by atoms with Crippen molar-refractivity contribution in [2.45, 2.75) is 13.0 Å². The zero-order valence-electron chi connectivity index (χ0n) is 13.1. The average molecular weight is 339 g/mol. The third-order valence-corrected chi connectivity index (χ3v) is 6.03. The second-order valence-electron chi connectivity index (χ2n) is 6.45. The van der Waals surface area contributed by atoms with Crippen molar-refractivity contribution in [3.63, 3.8) is 0 Å². The van der Waals surface area contributed by atoms with Crippen molar-refractivity contribution < 1.29 is 9.21 Å². The van der Waals surface area contributed by atoms with Gasteiger partial charge in [-0.2, -0.15) is 0 Å². The number of thiophene rings is 1. The van der Waals surface area contributed by atoms with E-state index in [1.807, 2.05) is 17.0 Å². The van der Waals surface area contributed by atoms with Crippen LogP contribution in [0.3, 0.4) is 0 Å². The monoisotopic (exact) mass is 339 g/mol. The average Bonchev–Trinajstić information content (AvgIpc) is 3.21. The van der Waals surface area contributed by atoms with E-state index < -0.39 is 0 Å². The minimum atomic E-state index is 0.0779. The number of hydrogen-bond acceptors (Lipinski definition) is 5. The van der Waals surface area contributed by atoms with Gasteiger partial charge in [0.15, 0.2) is 0 Å². The fourth-order valence-electron chi connectivity index (χ4n) is 3.63. The zero-order chi connectivity index (χ0) is 16.1. The zero-order valence-corrected chi connectivity index (χ0v) is 14.0. The Morgan fingerprint density at radius 3 is 3.12 bits per heavy atom. The summed E-state index contributed by atoms with van der Waals surface area (Å²) in [7, 11) is 0. The maximum atomic E-state index is 12.8. The number of rotatable bonds is 2. The van der Waals surface area contributed by atoms with E-state index in [2.05, 4.69) is 21.3 Å². The van der Waals surface area contributed by atoms with Crippen LogP contribution in [0.15, 0.2) is 40.5 Å². The molecule has 2 aliphatic heterocycles. The molecule has 1 amide bonds. The number of carbonyl (C=O) groups excluding carboxylic acids is 1. The third kappa shape index (κ3) is 2.13. The number of hydrogen-bond donors (Lipinski definition) is 0. The van der Waals surface area contributed by atoms with E-state index >= 15 is 0 Å². The lowest BCUT2D eigenvalue weighted by atomic mass is 9.96. The Bertz CT molecular complexity index is 910. The van der Waals surface area contributed by atoms with E-state index in [-0.39, 0.29) is 11.8 Å². The first-order valence-electron chi connectivity index (χ1n) is 8.21. The molecule has 0 aromatic carbocycles. The summed E-state index contributed by atoms with van der Waals surface area (Å²) in [5.74, 6) is 1.28. The van der Waals surface area contributed by atoms with Gasteiger partial charge in [-0.3, -0.25) is 4.79 Å². The number of nitrogens with zero attached hydrogens (tertiary/aromatic N) is 3.